The zero-order valence-corrected chi connectivity index (χ0v) is 10.1. The fourth-order valence-electron chi connectivity index (χ4n) is 1.84. The van der Waals surface area contributed by atoms with Gasteiger partial charge in [-0.1, -0.05) is 42.5 Å². The van der Waals surface area contributed by atoms with E-state index >= 15 is 0 Å². The standard InChI is InChI=1S/C15H14O3/c1-11-13(12-6-3-2-4-7-12)8-5-9-14(11)18-10-15(16)17/h2-9H,10H2,1H3,(H,16,17). The number of ether oxygens (including phenoxy) is 1. The summed E-state index contributed by atoms with van der Waals surface area (Å²) in [5.74, 6) is -0.363. The molecule has 0 aromatic heterocycles. The summed E-state index contributed by atoms with van der Waals surface area (Å²) in [6.07, 6.45) is 0. The van der Waals surface area contributed by atoms with Crippen molar-refractivity contribution >= 4 is 5.97 Å². The molecule has 92 valence electrons. The highest BCUT2D eigenvalue weighted by Gasteiger charge is 2.07. The Morgan fingerprint density at radius 3 is 2.50 bits per heavy atom. The second-order valence-corrected chi connectivity index (χ2v) is 3.98. The van der Waals surface area contributed by atoms with Crippen LogP contribution in [-0.2, 0) is 4.79 Å². The van der Waals surface area contributed by atoms with Crippen LogP contribution in [0.4, 0.5) is 0 Å². The molecule has 0 spiro atoms. The SMILES string of the molecule is Cc1c(OCC(=O)O)cccc1-c1ccccc1. The first-order valence-electron chi connectivity index (χ1n) is 5.68. The Hall–Kier alpha value is -2.29. The molecule has 0 heterocycles. The number of aliphatic carboxylic acids is 1. The Labute approximate surface area is 106 Å². The number of hydrogen-bond acceptors (Lipinski definition) is 2. The van der Waals surface area contributed by atoms with Crippen LogP contribution in [0.2, 0.25) is 0 Å². The molecule has 3 nitrogen and oxygen atoms in total. The zero-order chi connectivity index (χ0) is 13.0. The number of carbonyl (C=O) groups is 1. The fourth-order valence-corrected chi connectivity index (χ4v) is 1.84. The Morgan fingerprint density at radius 1 is 1.11 bits per heavy atom. The molecule has 0 amide bonds. The number of benzene rings is 2. The quantitative estimate of drug-likeness (QED) is 0.896. The molecule has 2 aromatic rings. The lowest BCUT2D eigenvalue weighted by Crippen LogP contribution is -2.10. The van der Waals surface area contributed by atoms with Gasteiger partial charge in [0.2, 0.25) is 0 Å². The van der Waals surface area contributed by atoms with Crippen molar-refractivity contribution < 1.29 is 14.6 Å². The van der Waals surface area contributed by atoms with Crippen LogP contribution >= 0.6 is 0 Å². The van der Waals surface area contributed by atoms with Gasteiger partial charge in [-0.25, -0.2) is 4.79 Å². The fraction of sp³-hybridized carbons (Fsp3) is 0.133. The van der Waals surface area contributed by atoms with E-state index in [1.165, 1.54) is 0 Å². The zero-order valence-electron chi connectivity index (χ0n) is 10.1. The van der Waals surface area contributed by atoms with Crippen LogP contribution < -0.4 is 4.74 Å². The van der Waals surface area contributed by atoms with E-state index in [2.05, 4.69) is 0 Å². The van der Waals surface area contributed by atoms with E-state index < -0.39 is 5.97 Å². The molecular formula is C15H14O3. The van der Waals surface area contributed by atoms with Crippen LogP contribution in [0, 0.1) is 6.92 Å². The third kappa shape index (κ3) is 2.69. The Morgan fingerprint density at radius 2 is 1.83 bits per heavy atom. The number of carboxylic acids is 1. The summed E-state index contributed by atoms with van der Waals surface area (Å²) in [5.41, 5.74) is 3.10. The second-order valence-electron chi connectivity index (χ2n) is 3.98. The van der Waals surface area contributed by atoms with Crippen molar-refractivity contribution in [3.05, 3.63) is 54.1 Å². The minimum atomic E-state index is -0.973. The molecule has 3 heteroatoms. The molecular weight excluding hydrogens is 228 g/mol. The lowest BCUT2D eigenvalue weighted by Gasteiger charge is -2.11. The highest BCUT2D eigenvalue weighted by molar-refractivity contribution is 5.71. The van der Waals surface area contributed by atoms with Crippen LogP contribution in [0.25, 0.3) is 11.1 Å². The molecule has 18 heavy (non-hydrogen) atoms. The second kappa shape index (κ2) is 5.36. The van der Waals surface area contributed by atoms with Crippen molar-refractivity contribution in [2.45, 2.75) is 6.92 Å². The van der Waals surface area contributed by atoms with Gasteiger partial charge in [0.25, 0.3) is 0 Å². The summed E-state index contributed by atoms with van der Waals surface area (Å²) in [6, 6.07) is 15.6. The van der Waals surface area contributed by atoms with E-state index in [-0.39, 0.29) is 6.61 Å². The molecule has 0 unspecified atom stereocenters. The van der Waals surface area contributed by atoms with Gasteiger partial charge in [0, 0.05) is 0 Å². The summed E-state index contributed by atoms with van der Waals surface area (Å²) >= 11 is 0. The largest absolute Gasteiger partial charge is 0.482 e. The van der Waals surface area contributed by atoms with Crippen LogP contribution in [0.15, 0.2) is 48.5 Å². The topological polar surface area (TPSA) is 46.5 Å². The Balaban J connectivity index is 2.33. The predicted octanol–water partition coefficient (Wildman–Crippen LogP) is 3.13. The van der Waals surface area contributed by atoms with Crippen molar-refractivity contribution in [3.8, 4) is 16.9 Å². The van der Waals surface area contributed by atoms with E-state index in [1.807, 2.05) is 49.4 Å². The highest BCUT2D eigenvalue weighted by atomic mass is 16.5. The molecule has 0 radical (unpaired) electrons. The average Bonchev–Trinajstić information content (AvgIpc) is 2.38. The minimum absolute atomic E-state index is 0.320. The molecule has 1 N–H and O–H groups in total. The monoisotopic (exact) mass is 242 g/mol. The minimum Gasteiger partial charge on any atom is -0.482 e. The third-order valence-corrected chi connectivity index (χ3v) is 2.72. The smallest absolute Gasteiger partial charge is 0.341 e. The maximum absolute atomic E-state index is 10.5. The molecule has 0 saturated carbocycles. The third-order valence-electron chi connectivity index (χ3n) is 2.72. The summed E-state index contributed by atoms with van der Waals surface area (Å²) in [7, 11) is 0. The van der Waals surface area contributed by atoms with Gasteiger partial charge in [-0.05, 0) is 29.7 Å². The Kier molecular flexibility index (Phi) is 3.63. The number of carboxylic acid groups (broad SMARTS) is 1. The van der Waals surface area contributed by atoms with E-state index in [0.717, 1.165) is 16.7 Å². The number of hydrogen-bond donors (Lipinski definition) is 1. The summed E-state index contributed by atoms with van der Waals surface area (Å²) < 4.78 is 5.26. The highest BCUT2D eigenvalue weighted by Crippen LogP contribution is 2.29. The normalized spacial score (nSPS) is 10.1. The van der Waals surface area contributed by atoms with Gasteiger partial charge < -0.3 is 9.84 Å². The first-order valence-corrected chi connectivity index (χ1v) is 5.68. The van der Waals surface area contributed by atoms with Crippen molar-refractivity contribution in [3.63, 3.8) is 0 Å². The lowest BCUT2D eigenvalue weighted by atomic mass is 10.00. The molecule has 0 fully saturated rings. The van der Waals surface area contributed by atoms with Gasteiger partial charge >= 0.3 is 5.97 Å². The Bertz CT molecular complexity index is 547. The van der Waals surface area contributed by atoms with Crippen LogP contribution in [0.1, 0.15) is 5.56 Å². The molecule has 0 atom stereocenters. The van der Waals surface area contributed by atoms with Gasteiger partial charge in [0.15, 0.2) is 6.61 Å². The van der Waals surface area contributed by atoms with Gasteiger partial charge in [0.1, 0.15) is 5.75 Å². The van der Waals surface area contributed by atoms with Gasteiger partial charge in [-0.3, -0.25) is 0 Å². The molecule has 0 aliphatic heterocycles. The van der Waals surface area contributed by atoms with Gasteiger partial charge in [0.05, 0.1) is 0 Å². The molecule has 0 aliphatic carbocycles. The van der Waals surface area contributed by atoms with Crippen LogP contribution in [-0.4, -0.2) is 17.7 Å². The lowest BCUT2D eigenvalue weighted by molar-refractivity contribution is -0.139. The summed E-state index contributed by atoms with van der Waals surface area (Å²) in [6.45, 7) is 1.61. The van der Waals surface area contributed by atoms with Crippen LogP contribution in [0.5, 0.6) is 5.75 Å². The van der Waals surface area contributed by atoms with Gasteiger partial charge in [-0.2, -0.15) is 0 Å². The van der Waals surface area contributed by atoms with Crippen molar-refractivity contribution in [1.29, 1.82) is 0 Å². The van der Waals surface area contributed by atoms with Crippen molar-refractivity contribution in [1.82, 2.24) is 0 Å². The predicted molar refractivity (Wildman–Crippen MR) is 69.7 cm³/mol. The van der Waals surface area contributed by atoms with E-state index in [1.54, 1.807) is 6.07 Å². The first-order chi connectivity index (χ1) is 8.68. The summed E-state index contributed by atoms with van der Waals surface area (Å²) in [5, 5.41) is 8.63. The summed E-state index contributed by atoms with van der Waals surface area (Å²) in [4.78, 5) is 10.5. The molecule has 2 aromatic carbocycles. The van der Waals surface area contributed by atoms with E-state index in [4.69, 9.17) is 9.84 Å². The van der Waals surface area contributed by atoms with Gasteiger partial charge in [-0.15, -0.1) is 0 Å². The average molecular weight is 242 g/mol. The van der Waals surface area contributed by atoms with Crippen molar-refractivity contribution in [2.75, 3.05) is 6.61 Å². The molecule has 0 bridgehead atoms. The van der Waals surface area contributed by atoms with E-state index in [0.29, 0.717) is 5.75 Å². The maximum Gasteiger partial charge on any atom is 0.341 e. The van der Waals surface area contributed by atoms with Crippen molar-refractivity contribution in [2.24, 2.45) is 0 Å². The first kappa shape index (κ1) is 12.2. The molecule has 2 rings (SSSR count). The number of rotatable bonds is 4. The molecule has 0 aliphatic rings. The van der Waals surface area contributed by atoms with E-state index in [9.17, 15) is 4.79 Å². The molecule has 0 saturated heterocycles. The maximum atomic E-state index is 10.5. The van der Waals surface area contributed by atoms with Crippen LogP contribution in [0.3, 0.4) is 0 Å².